The number of fused-ring (bicyclic) bond motifs is 1. The van der Waals surface area contributed by atoms with Crippen LogP contribution in [-0.4, -0.2) is 17.6 Å². The number of carbonyl (C=O) groups excluding carboxylic acids is 1. The fourth-order valence-corrected chi connectivity index (χ4v) is 1.80. The Labute approximate surface area is 82.8 Å². The highest BCUT2D eigenvalue weighted by Gasteiger charge is 2.24. The first-order valence-electron chi connectivity index (χ1n) is 4.81. The van der Waals surface area contributed by atoms with Crippen LogP contribution in [0, 0.1) is 5.92 Å². The average Bonchev–Trinajstić information content (AvgIpc) is 2.19. The van der Waals surface area contributed by atoms with Crippen LogP contribution in [0.1, 0.15) is 12.0 Å². The molecular formula is C11H13NO2. The van der Waals surface area contributed by atoms with E-state index in [1.807, 2.05) is 24.3 Å². The summed E-state index contributed by atoms with van der Waals surface area (Å²) in [6, 6.07) is 7.79. The molecule has 0 aliphatic carbocycles. The van der Waals surface area contributed by atoms with Crippen LogP contribution in [-0.2, 0) is 11.2 Å². The van der Waals surface area contributed by atoms with Crippen LogP contribution in [0.25, 0.3) is 0 Å². The number of carbonyl (C=O) groups is 1. The Morgan fingerprint density at radius 1 is 1.43 bits per heavy atom. The van der Waals surface area contributed by atoms with Gasteiger partial charge in [-0.1, -0.05) is 18.2 Å². The zero-order valence-corrected chi connectivity index (χ0v) is 7.86. The minimum Gasteiger partial charge on any atom is -0.396 e. The number of anilines is 1. The van der Waals surface area contributed by atoms with E-state index in [4.69, 9.17) is 5.11 Å². The zero-order valence-electron chi connectivity index (χ0n) is 7.86. The minimum absolute atomic E-state index is 0.0257. The molecule has 0 bridgehead atoms. The van der Waals surface area contributed by atoms with Crippen LogP contribution < -0.4 is 5.32 Å². The molecule has 1 unspecified atom stereocenters. The minimum atomic E-state index is -0.0742. The first-order valence-corrected chi connectivity index (χ1v) is 4.81. The molecule has 2 N–H and O–H groups in total. The van der Waals surface area contributed by atoms with Crippen LogP contribution in [0.5, 0.6) is 0 Å². The van der Waals surface area contributed by atoms with Gasteiger partial charge < -0.3 is 10.4 Å². The summed E-state index contributed by atoms with van der Waals surface area (Å²) in [5.41, 5.74) is 2.07. The molecule has 0 aromatic heterocycles. The number of nitrogens with one attached hydrogen (secondary N) is 1. The van der Waals surface area contributed by atoms with E-state index in [0.717, 1.165) is 17.7 Å². The van der Waals surface area contributed by atoms with Crippen molar-refractivity contribution in [3.8, 4) is 0 Å². The monoisotopic (exact) mass is 191 g/mol. The maximum Gasteiger partial charge on any atom is 0.227 e. The van der Waals surface area contributed by atoms with E-state index in [2.05, 4.69) is 5.32 Å². The molecule has 1 aromatic rings. The quantitative estimate of drug-likeness (QED) is 0.737. The van der Waals surface area contributed by atoms with Crippen molar-refractivity contribution in [2.24, 2.45) is 5.92 Å². The summed E-state index contributed by atoms with van der Waals surface area (Å²) in [6.45, 7) is 0.0697. The summed E-state index contributed by atoms with van der Waals surface area (Å²) >= 11 is 0. The second-order valence-corrected chi connectivity index (χ2v) is 3.56. The van der Waals surface area contributed by atoms with Gasteiger partial charge in [0.2, 0.25) is 5.91 Å². The molecule has 0 saturated carbocycles. The smallest absolute Gasteiger partial charge is 0.227 e. The number of amides is 1. The second kappa shape index (κ2) is 3.80. The summed E-state index contributed by atoms with van der Waals surface area (Å²) in [5.74, 6) is -0.0485. The molecule has 0 spiro atoms. The van der Waals surface area contributed by atoms with Gasteiger partial charge in [0.25, 0.3) is 0 Å². The molecular weight excluding hydrogens is 178 g/mol. The molecule has 1 amide bonds. The highest BCUT2D eigenvalue weighted by molar-refractivity contribution is 5.95. The topological polar surface area (TPSA) is 49.3 Å². The Kier molecular flexibility index (Phi) is 2.50. The summed E-state index contributed by atoms with van der Waals surface area (Å²) in [6.07, 6.45) is 1.28. The third kappa shape index (κ3) is 1.63. The van der Waals surface area contributed by atoms with E-state index in [9.17, 15) is 4.79 Å². The number of rotatable bonds is 2. The highest BCUT2D eigenvalue weighted by Crippen LogP contribution is 2.26. The van der Waals surface area contributed by atoms with Crippen LogP contribution >= 0.6 is 0 Å². The predicted molar refractivity (Wildman–Crippen MR) is 54.0 cm³/mol. The van der Waals surface area contributed by atoms with Crippen molar-refractivity contribution in [3.05, 3.63) is 29.8 Å². The fourth-order valence-electron chi connectivity index (χ4n) is 1.80. The Balaban J connectivity index is 2.22. The van der Waals surface area contributed by atoms with Gasteiger partial charge >= 0.3 is 0 Å². The van der Waals surface area contributed by atoms with E-state index in [1.54, 1.807) is 0 Å². The fraction of sp³-hybridized carbons (Fsp3) is 0.364. The van der Waals surface area contributed by atoms with Crippen LogP contribution in [0.2, 0.25) is 0 Å². The molecule has 2 rings (SSSR count). The Hall–Kier alpha value is -1.35. The molecule has 1 aromatic carbocycles. The van der Waals surface area contributed by atoms with E-state index in [0.29, 0.717) is 6.42 Å². The normalized spacial score (nSPS) is 20.1. The van der Waals surface area contributed by atoms with E-state index in [-0.39, 0.29) is 18.4 Å². The lowest BCUT2D eigenvalue weighted by molar-refractivity contribution is -0.120. The van der Waals surface area contributed by atoms with Gasteiger partial charge in [-0.2, -0.15) is 0 Å². The molecule has 14 heavy (non-hydrogen) atoms. The van der Waals surface area contributed by atoms with Crippen molar-refractivity contribution in [1.82, 2.24) is 0 Å². The number of para-hydroxylation sites is 1. The van der Waals surface area contributed by atoms with Crippen molar-refractivity contribution in [1.29, 1.82) is 0 Å². The number of aliphatic hydroxyl groups is 1. The van der Waals surface area contributed by atoms with Gasteiger partial charge in [0.05, 0.1) is 0 Å². The average molecular weight is 191 g/mol. The summed E-state index contributed by atoms with van der Waals surface area (Å²) in [4.78, 5) is 11.5. The lowest BCUT2D eigenvalue weighted by Gasteiger charge is -2.23. The lowest BCUT2D eigenvalue weighted by atomic mass is 9.91. The number of hydrogen-bond acceptors (Lipinski definition) is 2. The molecule has 3 nitrogen and oxygen atoms in total. The molecule has 1 heterocycles. The van der Waals surface area contributed by atoms with E-state index >= 15 is 0 Å². The molecule has 74 valence electrons. The second-order valence-electron chi connectivity index (χ2n) is 3.56. The van der Waals surface area contributed by atoms with Gasteiger partial charge in [0.1, 0.15) is 0 Å². The van der Waals surface area contributed by atoms with E-state index in [1.165, 1.54) is 0 Å². The SMILES string of the molecule is O=C1Nc2ccccc2CC1CCO. The first-order chi connectivity index (χ1) is 6.81. The van der Waals surface area contributed by atoms with Crippen LogP contribution in [0.4, 0.5) is 5.69 Å². The largest absolute Gasteiger partial charge is 0.396 e. The molecule has 0 saturated heterocycles. The van der Waals surface area contributed by atoms with Gasteiger partial charge in [0.15, 0.2) is 0 Å². The standard InChI is InChI=1S/C11H13NO2/c13-6-5-9-7-8-3-1-2-4-10(8)12-11(9)14/h1-4,9,13H,5-7H2,(H,12,14). The predicted octanol–water partition coefficient (Wildman–Crippen LogP) is 1.18. The molecule has 1 aliphatic rings. The van der Waals surface area contributed by atoms with Crippen LogP contribution in [0.15, 0.2) is 24.3 Å². The van der Waals surface area contributed by atoms with Gasteiger partial charge in [-0.05, 0) is 24.5 Å². The third-order valence-electron chi connectivity index (χ3n) is 2.59. The van der Waals surface area contributed by atoms with Crippen LogP contribution in [0.3, 0.4) is 0 Å². The molecule has 1 aliphatic heterocycles. The summed E-state index contributed by atoms with van der Waals surface area (Å²) in [5, 5.41) is 11.6. The van der Waals surface area contributed by atoms with Crippen molar-refractivity contribution < 1.29 is 9.90 Å². The van der Waals surface area contributed by atoms with E-state index < -0.39 is 0 Å². The third-order valence-corrected chi connectivity index (χ3v) is 2.59. The maximum atomic E-state index is 11.5. The Morgan fingerprint density at radius 2 is 2.21 bits per heavy atom. The molecule has 0 fully saturated rings. The van der Waals surface area contributed by atoms with Crippen molar-refractivity contribution >= 4 is 11.6 Å². The van der Waals surface area contributed by atoms with Crippen molar-refractivity contribution in [2.45, 2.75) is 12.8 Å². The highest BCUT2D eigenvalue weighted by atomic mass is 16.3. The van der Waals surface area contributed by atoms with Crippen molar-refractivity contribution in [2.75, 3.05) is 11.9 Å². The number of aliphatic hydroxyl groups excluding tert-OH is 1. The number of benzene rings is 1. The summed E-state index contributed by atoms with van der Waals surface area (Å²) in [7, 11) is 0. The molecule has 0 radical (unpaired) electrons. The number of hydrogen-bond donors (Lipinski definition) is 2. The van der Waals surface area contributed by atoms with Crippen molar-refractivity contribution in [3.63, 3.8) is 0 Å². The Morgan fingerprint density at radius 3 is 3.00 bits per heavy atom. The molecule has 3 heteroatoms. The molecule has 1 atom stereocenters. The van der Waals surface area contributed by atoms with Gasteiger partial charge in [0, 0.05) is 18.2 Å². The zero-order chi connectivity index (χ0) is 9.97. The summed E-state index contributed by atoms with van der Waals surface area (Å²) < 4.78 is 0. The van der Waals surface area contributed by atoms with Gasteiger partial charge in [-0.25, -0.2) is 0 Å². The first kappa shape index (κ1) is 9.21. The van der Waals surface area contributed by atoms with Gasteiger partial charge in [-0.15, -0.1) is 0 Å². The Bertz CT molecular complexity index is 349. The van der Waals surface area contributed by atoms with Gasteiger partial charge in [-0.3, -0.25) is 4.79 Å². The maximum absolute atomic E-state index is 11.5. The lowest BCUT2D eigenvalue weighted by Crippen LogP contribution is -2.30.